The van der Waals surface area contributed by atoms with Crippen molar-refractivity contribution in [1.29, 1.82) is 0 Å². The van der Waals surface area contributed by atoms with E-state index in [2.05, 4.69) is 15.9 Å². The fourth-order valence-electron chi connectivity index (χ4n) is 1.93. The molecule has 0 radical (unpaired) electrons. The fourth-order valence-corrected chi connectivity index (χ4v) is 2.40. The van der Waals surface area contributed by atoms with Crippen LogP contribution in [0.5, 0.6) is 11.5 Å². The quantitative estimate of drug-likeness (QED) is 0.760. The molecule has 0 atom stereocenters. The average Bonchev–Trinajstić information content (AvgIpc) is 2.52. The van der Waals surface area contributed by atoms with Gasteiger partial charge in [0.15, 0.2) is 0 Å². The van der Waals surface area contributed by atoms with Gasteiger partial charge in [0.1, 0.15) is 23.9 Å². The molecule has 6 heteroatoms. The number of ether oxygens (including phenoxy) is 2. The maximum absolute atomic E-state index is 13.1. The predicted octanol–water partition coefficient (Wildman–Crippen LogP) is 4.27. The number of hydrogen-bond donors (Lipinski definition) is 1. The van der Waals surface area contributed by atoms with E-state index in [9.17, 15) is 9.18 Å². The van der Waals surface area contributed by atoms with Gasteiger partial charge in [0.2, 0.25) is 0 Å². The van der Waals surface area contributed by atoms with Crippen molar-refractivity contribution in [2.75, 3.05) is 7.11 Å². The Morgan fingerprint density at radius 3 is 2.65 bits per heavy atom. The van der Waals surface area contributed by atoms with Gasteiger partial charge in [-0.3, -0.25) is 0 Å². The van der Waals surface area contributed by atoms with Gasteiger partial charge in [-0.1, -0.05) is 6.07 Å². The van der Waals surface area contributed by atoms with Crippen molar-refractivity contribution in [3.8, 4) is 11.5 Å². The number of carboxylic acids is 1. The predicted molar refractivity (Wildman–Crippen MR) is 88.1 cm³/mol. The first kappa shape index (κ1) is 17.0. The van der Waals surface area contributed by atoms with Gasteiger partial charge in [-0.15, -0.1) is 0 Å². The smallest absolute Gasteiger partial charge is 0.328 e. The summed E-state index contributed by atoms with van der Waals surface area (Å²) in [6, 6.07) is 9.41. The van der Waals surface area contributed by atoms with Gasteiger partial charge in [0, 0.05) is 11.6 Å². The second kappa shape index (κ2) is 7.78. The topological polar surface area (TPSA) is 55.8 Å². The van der Waals surface area contributed by atoms with Crippen molar-refractivity contribution in [1.82, 2.24) is 0 Å². The van der Waals surface area contributed by atoms with Crippen molar-refractivity contribution in [2.45, 2.75) is 6.61 Å². The van der Waals surface area contributed by atoms with E-state index in [0.29, 0.717) is 21.5 Å². The summed E-state index contributed by atoms with van der Waals surface area (Å²) in [6.45, 7) is 0.197. The highest BCUT2D eigenvalue weighted by atomic mass is 79.9. The molecule has 0 aliphatic rings. The fraction of sp³-hybridized carbons (Fsp3) is 0.118. The number of hydrogen-bond acceptors (Lipinski definition) is 3. The highest BCUT2D eigenvalue weighted by molar-refractivity contribution is 9.10. The van der Waals surface area contributed by atoms with E-state index in [0.717, 1.165) is 11.6 Å². The van der Waals surface area contributed by atoms with E-state index in [1.165, 1.54) is 24.3 Å². The first-order valence-electron chi connectivity index (χ1n) is 6.65. The molecule has 0 heterocycles. The lowest BCUT2D eigenvalue weighted by Crippen LogP contribution is -2.00. The van der Waals surface area contributed by atoms with Crippen molar-refractivity contribution in [3.05, 3.63) is 63.9 Å². The summed E-state index contributed by atoms with van der Waals surface area (Å²) in [7, 11) is 1.54. The Hall–Kier alpha value is -2.34. The summed E-state index contributed by atoms with van der Waals surface area (Å²) in [4.78, 5) is 10.6. The first-order valence-corrected chi connectivity index (χ1v) is 7.44. The summed E-state index contributed by atoms with van der Waals surface area (Å²) >= 11 is 3.24. The van der Waals surface area contributed by atoms with Gasteiger partial charge in [-0.25, -0.2) is 9.18 Å². The lowest BCUT2D eigenvalue weighted by Gasteiger charge is -2.12. The summed E-state index contributed by atoms with van der Waals surface area (Å²) in [5.41, 5.74) is 1.46. The molecule has 23 heavy (non-hydrogen) atoms. The third kappa shape index (κ3) is 4.82. The number of carboxylic acid groups (broad SMARTS) is 1. The third-order valence-electron chi connectivity index (χ3n) is 3.00. The third-order valence-corrected chi connectivity index (χ3v) is 3.62. The number of carbonyl (C=O) groups is 1. The normalized spacial score (nSPS) is 10.7. The Morgan fingerprint density at radius 1 is 1.26 bits per heavy atom. The van der Waals surface area contributed by atoms with Crippen molar-refractivity contribution in [2.24, 2.45) is 0 Å². The molecule has 2 rings (SSSR count). The Balaban J connectivity index is 2.20. The summed E-state index contributed by atoms with van der Waals surface area (Å²) in [5.74, 6) is -0.257. The summed E-state index contributed by atoms with van der Waals surface area (Å²) in [6.07, 6.45) is 2.54. The van der Waals surface area contributed by atoms with E-state index in [1.54, 1.807) is 25.3 Å². The molecule has 2 aromatic carbocycles. The van der Waals surface area contributed by atoms with Crippen LogP contribution in [0.25, 0.3) is 6.08 Å². The Labute approximate surface area is 141 Å². The van der Waals surface area contributed by atoms with E-state index < -0.39 is 5.97 Å². The zero-order chi connectivity index (χ0) is 16.8. The lowest BCUT2D eigenvalue weighted by molar-refractivity contribution is -0.131. The second-order valence-electron chi connectivity index (χ2n) is 4.61. The zero-order valence-corrected chi connectivity index (χ0v) is 13.8. The molecule has 0 amide bonds. The van der Waals surface area contributed by atoms with Crippen LogP contribution in [-0.4, -0.2) is 18.2 Å². The maximum atomic E-state index is 13.1. The minimum Gasteiger partial charge on any atom is -0.496 e. The molecule has 0 fully saturated rings. The van der Waals surface area contributed by atoms with Crippen LogP contribution >= 0.6 is 15.9 Å². The average molecular weight is 381 g/mol. The van der Waals surface area contributed by atoms with Crippen LogP contribution in [-0.2, 0) is 11.4 Å². The Bertz CT molecular complexity index is 743. The molecule has 4 nitrogen and oxygen atoms in total. The molecule has 0 aliphatic carbocycles. The van der Waals surface area contributed by atoms with E-state index >= 15 is 0 Å². The van der Waals surface area contributed by atoms with Crippen molar-refractivity contribution in [3.63, 3.8) is 0 Å². The van der Waals surface area contributed by atoms with Gasteiger partial charge in [-0.2, -0.15) is 0 Å². The SMILES string of the molecule is COc1ccc(C=CC(=O)O)cc1COc1ccc(F)cc1Br. The zero-order valence-electron chi connectivity index (χ0n) is 12.3. The molecule has 2 aromatic rings. The Kier molecular flexibility index (Phi) is 5.76. The molecule has 0 saturated heterocycles. The van der Waals surface area contributed by atoms with Crippen LogP contribution < -0.4 is 9.47 Å². The van der Waals surface area contributed by atoms with Crippen molar-refractivity contribution < 1.29 is 23.8 Å². The molecular formula is C17H14BrFO4. The van der Waals surface area contributed by atoms with E-state index in [1.807, 2.05) is 0 Å². The largest absolute Gasteiger partial charge is 0.496 e. The van der Waals surface area contributed by atoms with Crippen LogP contribution in [0.15, 0.2) is 46.9 Å². The molecule has 0 aliphatic heterocycles. The van der Waals surface area contributed by atoms with Crippen LogP contribution in [0.4, 0.5) is 4.39 Å². The van der Waals surface area contributed by atoms with Crippen LogP contribution in [0.1, 0.15) is 11.1 Å². The molecule has 0 spiro atoms. The van der Waals surface area contributed by atoms with Crippen LogP contribution in [0.2, 0.25) is 0 Å². The standard InChI is InChI=1S/C17H14BrFO4/c1-22-15-5-2-11(3-7-17(20)21)8-12(15)10-23-16-6-4-13(19)9-14(16)18/h2-9H,10H2,1H3,(H,20,21). The molecular weight excluding hydrogens is 367 g/mol. The molecule has 0 unspecified atom stereocenters. The molecule has 1 N–H and O–H groups in total. The highest BCUT2D eigenvalue weighted by Gasteiger charge is 2.07. The Morgan fingerprint density at radius 2 is 2.00 bits per heavy atom. The van der Waals surface area contributed by atoms with Gasteiger partial charge in [0.25, 0.3) is 0 Å². The number of methoxy groups -OCH3 is 1. The van der Waals surface area contributed by atoms with Crippen molar-refractivity contribution >= 4 is 28.0 Å². The summed E-state index contributed by atoms with van der Waals surface area (Å²) in [5, 5.41) is 8.68. The number of halogens is 2. The monoisotopic (exact) mass is 380 g/mol. The molecule has 0 bridgehead atoms. The molecule has 0 aromatic heterocycles. The van der Waals surface area contributed by atoms with Gasteiger partial charge in [-0.05, 0) is 57.9 Å². The minimum absolute atomic E-state index is 0.197. The van der Waals surface area contributed by atoms with Crippen LogP contribution in [0.3, 0.4) is 0 Å². The van der Waals surface area contributed by atoms with Gasteiger partial charge in [0.05, 0.1) is 11.6 Å². The lowest BCUT2D eigenvalue weighted by atomic mass is 10.1. The van der Waals surface area contributed by atoms with Gasteiger partial charge >= 0.3 is 5.97 Å². The van der Waals surface area contributed by atoms with E-state index in [-0.39, 0.29) is 12.4 Å². The second-order valence-corrected chi connectivity index (χ2v) is 5.46. The molecule has 120 valence electrons. The number of benzene rings is 2. The summed E-state index contributed by atoms with van der Waals surface area (Å²) < 4.78 is 24.5. The maximum Gasteiger partial charge on any atom is 0.328 e. The minimum atomic E-state index is -1.02. The molecule has 0 saturated carbocycles. The number of rotatable bonds is 6. The van der Waals surface area contributed by atoms with Crippen LogP contribution in [0, 0.1) is 5.82 Å². The van der Waals surface area contributed by atoms with E-state index in [4.69, 9.17) is 14.6 Å². The highest BCUT2D eigenvalue weighted by Crippen LogP contribution is 2.28. The first-order chi connectivity index (χ1) is 11.0. The van der Waals surface area contributed by atoms with Gasteiger partial charge < -0.3 is 14.6 Å². The number of aliphatic carboxylic acids is 1.